The number of fused-ring (bicyclic) bond motifs is 3. The summed E-state index contributed by atoms with van der Waals surface area (Å²) >= 11 is 0. The van der Waals surface area contributed by atoms with Crippen molar-refractivity contribution in [2.75, 3.05) is 5.32 Å². The number of benzene rings is 1. The Labute approximate surface area is 177 Å². The molecule has 2 aliphatic carbocycles. The fourth-order valence-corrected chi connectivity index (χ4v) is 6.34. The molecule has 5 nitrogen and oxygen atoms in total. The molecule has 154 valence electrons. The van der Waals surface area contributed by atoms with Gasteiger partial charge >= 0.3 is 0 Å². The zero-order valence-corrected chi connectivity index (χ0v) is 17.3. The van der Waals surface area contributed by atoms with Crippen molar-refractivity contribution in [3.05, 3.63) is 65.5 Å². The molecule has 3 fully saturated rings. The van der Waals surface area contributed by atoms with Crippen molar-refractivity contribution >= 4 is 17.7 Å². The van der Waals surface area contributed by atoms with E-state index in [0.29, 0.717) is 29.8 Å². The Hall–Kier alpha value is -2.50. The molecule has 6 rings (SSSR count). The second-order valence-corrected chi connectivity index (χ2v) is 9.53. The zero-order chi connectivity index (χ0) is 20.3. The molecule has 1 saturated heterocycles. The van der Waals surface area contributed by atoms with Crippen molar-refractivity contribution in [1.82, 2.24) is 15.8 Å². The maximum Gasteiger partial charge on any atom is 0.235 e. The lowest BCUT2D eigenvalue weighted by Gasteiger charge is -2.33. The number of hydrogen-bond donors (Lipinski definition) is 3. The van der Waals surface area contributed by atoms with Crippen molar-refractivity contribution in [3.8, 4) is 0 Å². The van der Waals surface area contributed by atoms with Gasteiger partial charge in [-0.15, -0.1) is 0 Å². The van der Waals surface area contributed by atoms with Crippen LogP contribution in [0.3, 0.4) is 0 Å². The molecule has 1 spiro atoms. The molecule has 2 saturated carbocycles. The lowest BCUT2D eigenvalue weighted by atomic mass is 9.73. The number of anilines is 1. The van der Waals surface area contributed by atoms with Crippen LogP contribution < -0.4 is 16.2 Å². The number of rotatable bonds is 3. The number of carbonyl (C=O) groups is 1. The Kier molecular flexibility index (Phi) is 4.12. The van der Waals surface area contributed by atoms with Gasteiger partial charge in [0.05, 0.1) is 5.41 Å². The molecule has 6 atom stereocenters. The van der Waals surface area contributed by atoms with E-state index in [1.165, 1.54) is 24.0 Å². The lowest BCUT2D eigenvalue weighted by molar-refractivity contribution is -0.118. The highest BCUT2D eigenvalue weighted by atomic mass is 16.2. The van der Waals surface area contributed by atoms with Gasteiger partial charge in [0.2, 0.25) is 5.91 Å². The first-order chi connectivity index (χ1) is 14.6. The highest BCUT2D eigenvalue weighted by Gasteiger charge is 2.67. The van der Waals surface area contributed by atoms with E-state index in [1.54, 1.807) is 0 Å². The van der Waals surface area contributed by atoms with E-state index >= 15 is 0 Å². The summed E-state index contributed by atoms with van der Waals surface area (Å²) in [6.45, 7) is 2.03. The van der Waals surface area contributed by atoms with Gasteiger partial charge in [-0.2, -0.15) is 0 Å². The van der Waals surface area contributed by atoms with E-state index in [9.17, 15) is 4.79 Å². The number of carbonyl (C=O) groups excluding carboxylic acids is 1. The molecule has 1 aromatic carbocycles. The van der Waals surface area contributed by atoms with Gasteiger partial charge in [-0.05, 0) is 79.7 Å². The van der Waals surface area contributed by atoms with E-state index in [4.69, 9.17) is 0 Å². The van der Waals surface area contributed by atoms with Gasteiger partial charge in [-0.1, -0.05) is 30.4 Å². The highest BCUT2D eigenvalue weighted by molar-refractivity contribution is 6.08. The Morgan fingerprint density at radius 1 is 1.17 bits per heavy atom. The summed E-state index contributed by atoms with van der Waals surface area (Å²) in [7, 11) is 0. The molecule has 4 aliphatic rings. The van der Waals surface area contributed by atoms with Crippen molar-refractivity contribution in [2.45, 2.75) is 50.1 Å². The van der Waals surface area contributed by atoms with E-state index in [0.717, 1.165) is 24.2 Å². The fraction of sp³-hybridized carbons (Fsp3) is 0.440. The number of hydrogen-bond acceptors (Lipinski definition) is 4. The van der Waals surface area contributed by atoms with Crippen molar-refractivity contribution in [1.29, 1.82) is 0 Å². The monoisotopic (exact) mass is 400 g/mol. The maximum atomic E-state index is 12.8. The van der Waals surface area contributed by atoms with Crippen LogP contribution in [0.5, 0.6) is 0 Å². The number of para-hydroxylation sites is 1. The molecule has 5 unspecified atom stereocenters. The lowest BCUT2D eigenvalue weighted by Crippen LogP contribution is -2.37. The number of amides is 1. The maximum absolute atomic E-state index is 12.8. The summed E-state index contributed by atoms with van der Waals surface area (Å²) in [5.41, 5.74) is 11.3. The fourth-order valence-electron chi connectivity index (χ4n) is 6.34. The summed E-state index contributed by atoms with van der Waals surface area (Å²) in [5.74, 6) is 1.93. The summed E-state index contributed by atoms with van der Waals surface area (Å²) < 4.78 is 0. The Morgan fingerprint density at radius 3 is 2.97 bits per heavy atom. The quantitative estimate of drug-likeness (QED) is 0.737. The molecule has 1 aromatic heterocycles. The van der Waals surface area contributed by atoms with Crippen LogP contribution in [-0.4, -0.2) is 23.0 Å². The summed E-state index contributed by atoms with van der Waals surface area (Å²) in [4.78, 5) is 17.1. The number of nitrogens with zero attached hydrogens (tertiary/aromatic N) is 1. The molecule has 30 heavy (non-hydrogen) atoms. The first-order valence-electron chi connectivity index (χ1n) is 11.2. The highest BCUT2D eigenvalue weighted by Crippen LogP contribution is 2.64. The van der Waals surface area contributed by atoms with Crippen LogP contribution >= 0.6 is 0 Å². The molecule has 3 heterocycles. The number of aryl methyl sites for hydroxylation is 1. The number of aromatic nitrogens is 1. The molecule has 0 radical (unpaired) electrons. The van der Waals surface area contributed by atoms with Gasteiger partial charge in [0.25, 0.3) is 0 Å². The van der Waals surface area contributed by atoms with Gasteiger partial charge in [-0.25, -0.2) is 0 Å². The third kappa shape index (κ3) is 2.76. The first kappa shape index (κ1) is 18.3. The third-order valence-corrected chi connectivity index (χ3v) is 7.90. The first-order valence-corrected chi connectivity index (χ1v) is 11.2. The van der Waals surface area contributed by atoms with Gasteiger partial charge in [0.15, 0.2) is 0 Å². The van der Waals surface area contributed by atoms with E-state index in [2.05, 4.69) is 57.6 Å². The molecule has 3 N–H and O–H groups in total. The molecule has 1 amide bonds. The smallest absolute Gasteiger partial charge is 0.235 e. The number of hydrazine groups is 1. The predicted octanol–water partition coefficient (Wildman–Crippen LogP) is 3.57. The second-order valence-electron chi connectivity index (χ2n) is 9.53. The van der Waals surface area contributed by atoms with Crippen LogP contribution in [0, 0.1) is 24.7 Å². The van der Waals surface area contributed by atoms with Crippen molar-refractivity contribution < 1.29 is 4.79 Å². The van der Waals surface area contributed by atoms with Gasteiger partial charge in [0, 0.05) is 29.7 Å². The SMILES string of the molecule is Cc1cc(/C=C/C2NNC3CC(C4C[C@@]45C(=O)Nc4ccccc45)CCC23)ccn1. The van der Waals surface area contributed by atoms with Crippen LogP contribution in [0.15, 0.2) is 48.7 Å². The standard InChI is InChI=1S/C25H28N4O/c1-15-12-16(10-11-26-15)6-9-21-18-8-7-17(13-23(18)29-28-21)20-14-25(20)19-4-2-3-5-22(19)27-24(25)30/h2-6,9-12,17-18,20-21,23,28-29H,7-8,13-14H2,1H3,(H,27,30)/b9-6+/t17?,18?,20?,21?,23?,25-/m0/s1. The Morgan fingerprint density at radius 2 is 2.07 bits per heavy atom. The molecule has 2 aromatic rings. The number of pyridine rings is 1. The Balaban J connectivity index is 1.14. The van der Waals surface area contributed by atoms with Crippen LogP contribution in [0.1, 0.15) is 42.5 Å². The molecular weight excluding hydrogens is 372 g/mol. The zero-order valence-electron chi connectivity index (χ0n) is 17.3. The minimum Gasteiger partial charge on any atom is -0.325 e. The van der Waals surface area contributed by atoms with Crippen LogP contribution in [-0.2, 0) is 10.2 Å². The summed E-state index contributed by atoms with van der Waals surface area (Å²) in [6.07, 6.45) is 10.9. The third-order valence-electron chi connectivity index (χ3n) is 7.90. The molecule has 5 heteroatoms. The van der Waals surface area contributed by atoms with Gasteiger partial charge in [0.1, 0.15) is 0 Å². The topological polar surface area (TPSA) is 66.0 Å². The minimum absolute atomic E-state index is 0.224. The normalized spacial score (nSPS) is 36.7. The average Bonchev–Trinajstić information content (AvgIpc) is 3.29. The minimum atomic E-state index is -0.251. The average molecular weight is 401 g/mol. The molecule has 2 aliphatic heterocycles. The largest absolute Gasteiger partial charge is 0.325 e. The second kappa shape index (κ2) is 6.76. The van der Waals surface area contributed by atoms with E-state index in [1.807, 2.05) is 25.3 Å². The molecule has 0 bridgehead atoms. The Bertz CT molecular complexity index is 1030. The van der Waals surface area contributed by atoms with Crippen molar-refractivity contribution in [2.24, 2.45) is 17.8 Å². The van der Waals surface area contributed by atoms with E-state index in [-0.39, 0.29) is 11.3 Å². The number of nitrogens with one attached hydrogen (secondary N) is 3. The van der Waals surface area contributed by atoms with Gasteiger partial charge < -0.3 is 5.32 Å². The van der Waals surface area contributed by atoms with Crippen molar-refractivity contribution in [3.63, 3.8) is 0 Å². The summed E-state index contributed by atoms with van der Waals surface area (Å²) in [5, 5.41) is 3.13. The summed E-state index contributed by atoms with van der Waals surface area (Å²) in [6, 6.07) is 13.3. The van der Waals surface area contributed by atoms with Crippen LogP contribution in [0.2, 0.25) is 0 Å². The van der Waals surface area contributed by atoms with E-state index < -0.39 is 0 Å². The van der Waals surface area contributed by atoms with Crippen LogP contribution in [0.4, 0.5) is 5.69 Å². The van der Waals surface area contributed by atoms with Crippen LogP contribution in [0.25, 0.3) is 6.08 Å². The van der Waals surface area contributed by atoms with Gasteiger partial charge in [-0.3, -0.25) is 20.6 Å². The predicted molar refractivity (Wildman–Crippen MR) is 118 cm³/mol. The molecular formula is C25H28N4O.